The van der Waals surface area contributed by atoms with E-state index in [-0.39, 0.29) is 11.3 Å². The van der Waals surface area contributed by atoms with E-state index in [1.807, 2.05) is 18.2 Å². The van der Waals surface area contributed by atoms with E-state index in [9.17, 15) is 4.79 Å². The van der Waals surface area contributed by atoms with Gasteiger partial charge in [0.1, 0.15) is 0 Å². The van der Waals surface area contributed by atoms with Crippen LogP contribution in [0.5, 0.6) is 0 Å². The normalized spacial score (nSPS) is 19.5. The van der Waals surface area contributed by atoms with Crippen LogP contribution in [0.3, 0.4) is 0 Å². The Morgan fingerprint density at radius 3 is 2.78 bits per heavy atom. The van der Waals surface area contributed by atoms with Crippen molar-refractivity contribution in [3.05, 3.63) is 50.9 Å². The maximum absolute atomic E-state index is 12.6. The Morgan fingerprint density at radius 1 is 1.37 bits per heavy atom. The molecule has 1 amide bonds. The Bertz CT molecular complexity index is 872. The van der Waals surface area contributed by atoms with Gasteiger partial charge >= 0.3 is 0 Å². The zero-order valence-corrected chi connectivity index (χ0v) is 17.6. The van der Waals surface area contributed by atoms with Crippen molar-refractivity contribution in [1.82, 2.24) is 10.3 Å². The van der Waals surface area contributed by atoms with Gasteiger partial charge in [-0.25, -0.2) is 4.98 Å². The summed E-state index contributed by atoms with van der Waals surface area (Å²) in [6.45, 7) is 8.68. The van der Waals surface area contributed by atoms with Crippen molar-refractivity contribution in [3.8, 4) is 0 Å². The highest BCUT2D eigenvalue weighted by atomic mass is 35.5. The number of carbonyl (C=O) groups is 1. The number of carbonyl (C=O) groups excluding carboxylic acids is 1. The number of nitrogens with one attached hydrogen (secondary N) is 1. The number of benzene rings is 1. The number of aromatic nitrogens is 1. The smallest absolute Gasteiger partial charge is 0.267 e. The number of rotatable bonds is 5. The van der Waals surface area contributed by atoms with Crippen molar-refractivity contribution in [2.45, 2.75) is 51.6 Å². The molecule has 0 aliphatic carbocycles. The topological polar surface area (TPSA) is 63.6 Å². The van der Waals surface area contributed by atoms with Gasteiger partial charge in [-0.2, -0.15) is 0 Å². The second kappa shape index (κ2) is 7.60. The Morgan fingerprint density at radius 2 is 2.11 bits per heavy atom. The molecule has 144 valence electrons. The molecule has 3 rings (SSSR count). The highest BCUT2D eigenvalue weighted by Gasteiger charge is 2.42. The van der Waals surface area contributed by atoms with Crippen LogP contribution in [0, 0.1) is 0 Å². The number of nitrogens with zero attached hydrogens (tertiary/aromatic N) is 2. The van der Waals surface area contributed by atoms with Gasteiger partial charge in [0, 0.05) is 40.8 Å². The van der Waals surface area contributed by atoms with Gasteiger partial charge in [-0.05, 0) is 13.0 Å². The third kappa shape index (κ3) is 4.50. The number of amides is 1. The third-order valence-corrected chi connectivity index (χ3v) is 5.71. The Hall–Kier alpha value is -1.92. The predicted octanol–water partition coefficient (Wildman–Crippen LogP) is 4.34. The summed E-state index contributed by atoms with van der Waals surface area (Å²) in [5.41, 5.74) is 1.59. The van der Waals surface area contributed by atoms with Crippen LogP contribution in [0.4, 0.5) is 0 Å². The summed E-state index contributed by atoms with van der Waals surface area (Å²) in [5.74, 6) is -0.180. The lowest BCUT2D eigenvalue weighted by Crippen LogP contribution is -2.45. The van der Waals surface area contributed by atoms with Crippen molar-refractivity contribution in [2.75, 3.05) is 6.54 Å². The second-order valence-corrected chi connectivity index (χ2v) is 9.25. The quantitative estimate of drug-likeness (QED) is 0.804. The molecule has 0 unspecified atom stereocenters. The van der Waals surface area contributed by atoms with E-state index < -0.39 is 5.60 Å². The molecular weight excluding hydrogens is 382 g/mol. The van der Waals surface area contributed by atoms with Gasteiger partial charge in [-0.3, -0.25) is 4.79 Å². The summed E-state index contributed by atoms with van der Waals surface area (Å²) >= 11 is 7.85. The monoisotopic (exact) mass is 405 g/mol. The molecule has 1 aromatic heterocycles. The van der Waals surface area contributed by atoms with E-state index in [4.69, 9.17) is 16.4 Å². The molecule has 5 nitrogen and oxygen atoms in total. The summed E-state index contributed by atoms with van der Waals surface area (Å²) in [7, 11) is 0. The molecule has 0 saturated carbocycles. The number of thiazole rings is 1. The first kappa shape index (κ1) is 19.8. The van der Waals surface area contributed by atoms with Gasteiger partial charge in [-0.15, -0.1) is 11.3 Å². The summed E-state index contributed by atoms with van der Waals surface area (Å²) in [4.78, 5) is 22.8. The van der Waals surface area contributed by atoms with Gasteiger partial charge in [0.25, 0.3) is 5.91 Å². The van der Waals surface area contributed by atoms with Crippen LogP contribution in [-0.2, 0) is 21.5 Å². The van der Waals surface area contributed by atoms with E-state index in [1.54, 1.807) is 24.3 Å². The largest absolute Gasteiger partial charge is 0.379 e. The average Bonchev–Trinajstić information content (AvgIpc) is 3.23. The minimum absolute atomic E-state index is 0.0373. The van der Waals surface area contributed by atoms with E-state index in [0.717, 1.165) is 16.3 Å². The number of oxime groups is 1. The Balaban J connectivity index is 1.54. The molecule has 7 heteroatoms. The fourth-order valence-corrected chi connectivity index (χ4v) is 4.01. The van der Waals surface area contributed by atoms with Gasteiger partial charge in [0.15, 0.2) is 0 Å². The fourth-order valence-electron chi connectivity index (χ4n) is 2.74. The van der Waals surface area contributed by atoms with Crippen LogP contribution in [-0.4, -0.2) is 28.7 Å². The molecule has 2 aromatic rings. The first-order valence-corrected chi connectivity index (χ1v) is 10.2. The average molecular weight is 406 g/mol. The van der Waals surface area contributed by atoms with Crippen molar-refractivity contribution >= 4 is 34.6 Å². The molecule has 1 N–H and O–H groups in total. The number of halogens is 1. The standard InChI is InChI=1S/C20H24ClN3O2S/c1-19(2,3)16-12-27-17(23-16)9-10-22-18(25)20(4)11-15(24-26-20)13-7-5-6-8-14(13)21/h5-8,12H,9-11H2,1-4H3,(H,22,25)/t20-/m0/s1. The van der Waals surface area contributed by atoms with Crippen LogP contribution in [0.2, 0.25) is 5.02 Å². The third-order valence-electron chi connectivity index (χ3n) is 4.47. The van der Waals surface area contributed by atoms with Crippen molar-refractivity contribution in [2.24, 2.45) is 5.16 Å². The molecule has 0 radical (unpaired) electrons. The molecule has 0 bridgehead atoms. The lowest BCUT2D eigenvalue weighted by atomic mass is 9.93. The predicted molar refractivity (Wildman–Crippen MR) is 110 cm³/mol. The first-order chi connectivity index (χ1) is 12.7. The molecule has 1 aliphatic heterocycles. The minimum atomic E-state index is -1.02. The SMILES string of the molecule is CC(C)(C)c1csc(CCNC(=O)[C@]2(C)CC(c3ccccc3Cl)=NO2)n1. The molecular formula is C20H24ClN3O2S. The summed E-state index contributed by atoms with van der Waals surface area (Å²) in [6, 6.07) is 7.43. The molecule has 2 heterocycles. The molecule has 0 saturated heterocycles. The summed E-state index contributed by atoms with van der Waals surface area (Å²) in [6.07, 6.45) is 1.08. The number of hydrogen-bond donors (Lipinski definition) is 1. The highest BCUT2D eigenvalue weighted by molar-refractivity contribution is 7.09. The zero-order valence-electron chi connectivity index (χ0n) is 16.0. The fraction of sp³-hybridized carbons (Fsp3) is 0.450. The number of hydrogen-bond acceptors (Lipinski definition) is 5. The Labute approximate surface area is 168 Å². The second-order valence-electron chi connectivity index (χ2n) is 7.90. The molecule has 1 atom stereocenters. The van der Waals surface area contributed by atoms with Gasteiger partial charge in [0.05, 0.1) is 16.4 Å². The minimum Gasteiger partial charge on any atom is -0.379 e. The van der Waals surface area contributed by atoms with Crippen LogP contribution in [0.1, 0.15) is 50.4 Å². The Kier molecular flexibility index (Phi) is 5.58. The maximum Gasteiger partial charge on any atom is 0.267 e. The lowest BCUT2D eigenvalue weighted by molar-refractivity contribution is -0.141. The summed E-state index contributed by atoms with van der Waals surface area (Å²) < 4.78 is 0. The van der Waals surface area contributed by atoms with E-state index >= 15 is 0 Å². The lowest BCUT2D eigenvalue weighted by Gasteiger charge is -2.20. The first-order valence-electron chi connectivity index (χ1n) is 8.92. The van der Waals surface area contributed by atoms with Crippen molar-refractivity contribution in [1.29, 1.82) is 0 Å². The molecule has 0 fully saturated rings. The molecule has 0 spiro atoms. The van der Waals surface area contributed by atoms with Crippen LogP contribution < -0.4 is 5.32 Å². The van der Waals surface area contributed by atoms with E-state index in [0.29, 0.717) is 30.1 Å². The van der Waals surface area contributed by atoms with E-state index in [2.05, 4.69) is 41.6 Å². The van der Waals surface area contributed by atoms with Crippen molar-refractivity contribution in [3.63, 3.8) is 0 Å². The molecule has 27 heavy (non-hydrogen) atoms. The van der Waals surface area contributed by atoms with Crippen LogP contribution in [0.25, 0.3) is 0 Å². The van der Waals surface area contributed by atoms with Crippen LogP contribution in [0.15, 0.2) is 34.8 Å². The van der Waals surface area contributed by atoms with Gasteiger partial charge in [-0.1, -0.05) is 55.7 Å². The zero-order chi connectivity index (χ0) is 19.7. The summed E-state index contributed by atoms with van der Waals surface area (Å²) in [5, 5.41) is 10.7. The molecule has 1 aliphatic rings. The van der Waals surface area contributed by atoms with Gasteiger partial charge < -0.3 is 10.2 Å². The van der Waals surface area contributed by atoms with Gasteiger partial charge in [0.2, 0.25) is 5.60 Å². The maximum atomic E-state index is 12.6. The van der Waals surface area contributed by atoms with Crippen molar-refractivity contribution < 1.29 is 9.63 Å². The van der Waals surface area contributed by atoms with Crippen LogP contribution >= 0.6 is 22.9 Å². The van der Waals surface area contributed by atoms with E-state index in [1.165, 1.54) is 0 Å². The highest BCUT2D eigenvalue weighted by Crippen LogP contribution is 2.29. The molecule has 1 aromatic carbocycles.